The molecule has 6 nitrogen and oxygen atoms in total. The third-order valence-electron chi connectivity index (χ3n) is 7.33. The van der Waals surface area contributed by atoms with Crippen LogP contribution in [-0.4, -0.2) is 21.6 Å². The van der Waals surface area contributed by atoms with E-state index in [1.165, 1.54) is 5.56 Å². The van der Waals surface area contributed by atoms with Crippen molar-refractivity contribution in [2.24, 2.45) is 0 Å². The van der Waals surface area contributed by atoms with Gasteiger partial charge in [0.05, 0.1) is 0 Å². The number of rotatable bonds is 4. The van der Waals surface area contributed by atoms with Crippen molar-refractivity contribution in [3.63, 3.8) is 0 Å². The number of anilines is 3. The van der Waals surface area contributed by atoms with Gasteiger partial charge >= 0.3 is 0 Å². The van der Waals surface area contributed by atoms with Crippen LogP contribution in [0.15, 0.2) is 91.3 Å². The van der Waals surface area contributed by atoms with E-state index in [0.717, 1.165) is 44.7 Å². The summed E-state index contributed by atoms with van der Waals surface area (Å²) in [6.45, 7) is 8.67. The fraction of sp³-hybridized carbons (Fsp3) is 0.147. The predicted octanol–water partition coefficient (Wildman–Crippen LogP) is 7.97. The average Bonchev–Trinajstić information content (AvgIpc) is 3.47. The zero-order valence-corrected chi connectivity index (χ0v) is 25.5. The van der Waals surface area contributed by atoms with Crippen LogP contribution in [0, 0.1) is 18.8 Å². The maximum absolute atomic E-state index is 6.26. The summed E-state index contributed by atoms with van der Waals surface area (Å²) in [6, 6.07) is 33.7. The molecule has 7 rings (SSSR count). The van der Waals surface area contributed by atoms with Gasteiger partial charge in [-0.25, -0.2) is 4.98 Å². The number of fused-ring (bicyclic) bond motifs is 4. The molecule has 3 aromatic carbocycles. The van der Waals surface area contributed by atoms with E-state index in [1.54, 1.807) is 6.20 Å². The van der Waals surface area contributed by atoms with Gasteiger partial charge in [-0.05, 0) is 59.9 Å². The van der Waals surface area contributed by atoms with Crippen molar-refractivity contribution in [2.45, 2.75) is 26.2 Å². The van der Waals surface area contributed by atoms with Crippen LogP contribution in [0.5, 0.6) is 11.6 Å². The van der Waals surface area contributed by atoms with Gasteiger partial charge in [-0.2, -0.15) is 30.6 Å². The zero-order chi connectivity index (χ0) is 27.4. The SMILES string of the molecule is CN1[CH-]N(c2[c-]c(Oc3[c-]c4c(cc3)c3ccccc3n4-c3cc(C(C)(C)C)ccn3)ncc2)c2ccccc21.[Pt]. The average molecular weight is 718 g/mol. The Morgan fingerprint density at radius 2 is 1.56 bits per heavy atom. The van der Waals surface area contributed by atoms with Gasteiger partial charge in [0, 0.05) is 49.9 Å². The van der Waals surface area contributed by atoms with E-state index < -0.39 is 0 Å². The van der Waals surface area contributed by atoms with Crippen molar-refractivity contribution in [3.05, 3.63) is 116 Å². The minimum absolute atomic E-state index is 0. The van der Waals surface area contributed by atoms with Crippen molar-refractivity contribution < 1.29 is 25.8 Å². The van der Waals surface area contributed by atoms with Gasteiger partial charge in [-0.15, -0.1) is 17.5 Å². The quantitative estimate of drug-likeness (QED) is 0.173. The van der Waals surface area contributed by atoms with E-state index in [0.29, 0.717) is 11.6 Å². The van der Waals surface area contributed by atoms with Crippen LogP contribution < -0.4 is 14.5 Å². The standard InChI is InChI=1S/C34H28N5O.Pt/c1-34(2,3)23-15-17-35-32(19-23)39-28-10-6-5-9-26(28)27-14-13-25(21-31(27)39)40-33-20-24(16-18-36-33)38-22-37(4)29-11-7-8-12-30(29)38;/h5-19,22H,1-4H3;/q-3;. The first-order chi connectivity index (χ1) is 19.4. The molecule has 0 amide bonds. The predicted molar refractivity (Wildman–Crippen MR) is 161 cm³/mol. The molecular formula is C34H28N5OPt-3. The molecule has 1 aliphatic rings. The molecule has 7 heteroatoms. The van der Waals surface area contributed by atoms with Gasteiger partial charge in [0.2, 0.25) is 0 Å². The second-order valence-electron chi connectivity index (χ2n) is 11.0. The number of aromatic nitrogens is 3. The van der Waals surface area contributed by atoms with Gasteiger partial charge in [-0.3, -0.25) is 4.98 Å². The van der Waals surface area contributed by atoms with Crippen LogP contribution in [0.1, 0.15) is 26.3 Å². The van der Waals surface area contributed by atoms with E-state index in [2.05, 4.69) is 107 Å². The number of nitrogens with zero attached hydrogens (tertiary/aromatic N) is 5. The molecule has 41 heavy (non-hydrogen) atoms. The Kier molecular flexibility index (Phi) is 6.83. The minimum Gasteiger partial charge on any atom is -0.504 e. The first-order valence-electron chi connectivity index (χ1n) is 13.3. The number of hydrogen-bond donors (Lipinski definition) is 0. The van der Waals surface area contributed by atoms with Crippen LogP contribution in [0.2, 0.25) is 0 Å². The molecule has 0 atom stereocenters. The normalized spacial score (nSPS) is 13.0. The largest absolute Gasteiger partial charge is 0.504 e. The van der Waals surface area contributed by atoms with Gasteiger partial charge in [0.15, 0.2) is 0 Å². The fourth-order valence-corrected chi connectivity index (χ4v) is 5.29. The number of benzene rings is 3. The van der Waals surface area contributed by atoms with E-state index in [9.17, 15) is 0 Å². The van der Waals surface area contributed by atoms with Crippen LogP contribution >= 0.6 is 0 Å². The van der Waals surface area contributed by atoms with Crippen molar-refractivity contribution in [1.29, 1.82) is 0 Å². The van der Waals surface area contributed by atoms with E-state index in [4.69, 9.17) is 9.72 Å². The third kappa shape index (κ3) is 4.76. The second-order valence-corrected chi connectivity index (χ2v) is 11.0. The second kappa shape index (κ2) is 10.4. The molecule has 0 radical (unpaired) electrons. The number of ether oxygens (including phenoxy) is 1. The van der Waals surface area contributed by atoms with E-state index in [1.807, 2.05) is 44.2 Å². The summed E-state index contributed by atoms with van der Waals surface area (Å²) < 4.78 is 8.42. The van der Waals surface area contributed by atoms with Crippen LogP contribution in [-0.2, 0) is 26.5 Å². The summed E-state index contributed by atoms with van der Waals surface area (Å²) in [5.41, 5.74) is 6.26. The Hall–Kier alpha value is -4.15. The fourth-order valence-electron chi connectivity index (χ4n) is 5.29. The van der Waals surface area contributed by atoms with Crippen molar-refractivity contribution in [2.75, 3.05) is 16.8 Å². The molecule has 0 spiro atoms. The number of hydrogen-bond acceptors (Lipinski definition) is 5. The summed E-state index contributed by atoms with van der Waals surface area (Å²) in [5.74, 6) is 1.79. The maximum Gasteiger partial charge on any atom is 0.135 e. The van der Waals surface area contributed by atoms with Crippen LogP contribution in [0.25, 0.3) is 27.6 Å². The third-order valence-corrected chi connectivity index (χ3v) is 7.33. The van der Waals surface area contributed by atoms with Crippen molar-refractivity contribution in [3.8, 4) is 17.4 Å². The maximum atomic E-state index is 6.26. The summed E-state index contributed by atoms with van der Waals surface area (Å²) in [4.78, 5) is 13.4. The Labute approximate surface area is 254 Å². The number of para-hydroxylation sites is 3. The molecule has 6 aromatic rings. The number of pyridine rings is 2. The van der Waals surface area contributed by atoms with Gasteiger partial charge in [0.25, 0.3) is 0 Å². The van der Waals surface area contributed by atoms with Crippen LogP contribution in [0.4, 0.5) is 17.1 Å². The first kappa shape index (κ1) is 27.0. The van der Waals surface area contributed by atoms with Gasteiger partial charge in [-0.1, -0.05) is 56.6 Å². The summed E-state index contributed by atoms with van der Waals surface area (Å²) in [7, 11) is 2.03. The topological polar surface area (TPSA) is 46.4 Å². The molecule has 208 valence electrons. The Balaban J connectivity index is 0.00000302. The molecular weight excluding hydrogens is 689 g/mol. The molecule has 0 fully saturated rings. The molecule has 0 unspecified atom stereocenters. The molecule has 0 saturated heterocycles. The molecule has 0 saturated carbocycles. The molecule has 0 aliphatic carbocycles. The molecule has 3 aromatic heterocycles. The van der Waals surface area contributed by atoms with Gasteiger partial charge < -0.3 is 19.1 Å². The summed E-state index contributed by atoms with van der Waals surface area (Å²) in [5, 5.41) is 2.23. The molecule has 4 heterocycles. The smallest absolute Gasteiger partial charge is 0.135 e. The Morgan fingerprint density at radius 1 is 0.805 bits per heavy atom. The Morgan fingerprint density at radius 3 is 2.39 bits per heavy atom. The minimum atomic E-state index is 0. The molecule has 0 bridgehead atoms. The summed E-state index contributed by atoms with van der Waals surface area (Å²) in [6.07, 6.45) is 3.62. The van der Waals surface area contributed by atoms with E-state index in [-0.39, 0.29) is 26.5 Å². The molecule has 1 aliphatic heterocycles. The zero-order valence-electron chi connectivity index (χ0n) is 23.2. The van der Waals surface area contributed by atoms with Gasteiger partial charge in [0.1, 0.15) is 11.7 Å². The first-order valence-corrected chi connectivity index (χ1v) is 13.3. The van der Waals surface area contributed by atoms with Crippen molar-refractivity contribution in [1.82, 2.24) is 14.5 Å². The monoisotopic (exact) mass is 717 g/mol. The molecule has 0 N–H and O–H groups in total. The Bertz CT molecular complexity index is 1890. The van der Waals surface area contributed by atoms with Crippen LogP contribution in [0.3, 0.4) is 0 Å². The van der Waals surface area contributed by atoms with Crippen molar-refractivity contribution >= 4 is 38.9 Å². The van der Waals surface area contributed by atoms with E-state index >= 15 is 0 Å². The summed E-state index contributed by atoms with van der Waals surface area (Å²) >= 11 is 0.